The second-order valence-corrected chi connectivity index (χ2v) is 4.05. The molecule has 0 heterocycles. The number of carboxylic acids is 1. The van der Waals surface area contributed by atoms with Crippen molar-refractivity contribution in [3.8, 4) is 0 Å². The predicted molar refractivity (Wildman–Crippen MR) is 63.4 cm³/mol. The van der Waals surface area contributed by atoms with Crippen LogP contribution in [-0.2, 0) is 4.79 Å². The van der Waals surface area contributed by atoms with E-state index in [4.69, 9.17) is 16.7 Å². The Labute approximate surface area is 103 Å². The number of carboxylic acid groups (broad SMARTS) is 1. The predicted octanol–water partition coefficient (Wildman–Crippen LogP) is 3.22. The summed E-state index contributed by atoms with van der Waals surface area (Å²) in [7, 11) is 0. The number of carbonyl (C=O) groups is 1. The van der Waals surface area contributed by atoms with Crippen molar-refractivity contribution in [1.29, 1.82) is 0 Å². The van der Waals surface area contributed by atoms with Crippen LogP contribution in [-0.4, -0.2) is 16.0 Å². The van der Waals surface area contributed by atoms with Gasteiger partial charge in [0.05, 0.1) is 15.9 Å². The topological polar surface area (TPSA) is 80.4 Å². The molecule has 1 atom stereocenters. The number of rotatable bonds is 5. The summed E-state index contributed by atoms with van der Waals surface area (Å²) in [6, 6.07) is 3.87. The van der Waals surface area contributed by atoms with Crippen molar-refractivity contribution in [3.63, 3.8) is 0 Å². The van der Waals surface area contributed by atoms with Crippen LogP contribution in [0.4, 0.5) is 5.69 Å². The van der Waals surface area contributed by atoms with E-state index in [1.54, 1.807) is 0 Å². The molecule has 1 aromatic carbocycles. The summed E-state index contributed by atoms with van der Waals surface area (Å²) in [6.07, 6.45) is 1.15. The molecular formula is C11H12ClNO4. The number of hydrogen-bond donors (Lipinski definition) is 1. The van der Waals surface area contributed by atoms with Gasteiger partial charge in [-0.3, -0.25) is 14.9 Å². The van der Waals surface area contributed by atoms with Gasteiger partial charge in [-0.05, 0) is 18.1 Å². The fourth-order valence-corrected chi connectivity index (χ4v) is 1.92. The van der Waals surface area contributed by atoms with Crippen molar-refractivity contribution in [1.82, 2.24) is 0 Å². The Morgan fingerprint density at radius 3 is 2.65 bits per heavy atom. The van der Waals surface area contributed by atoms with E-state index in [1.807, 2.05) is 6.92 Å². The van der Waals surface area contributed by atoms with Crippen molar-refractivity contribution in [2.24, 2.45) is 0 Å². The third-order valence-electron chi connectivity index (χ3n) is 2.45. The van der Waals surface area contributed by atoms with Gasteiger partial charge in [0.1, 0.15) is 0 Å². The number of aliphatic carboxylic acids is 1. The van der Waals surface area contributed by atoms with E-state index in [9.17, 15) is 14.9 Å². The SMILES string of the molecule is CCCC(C(=O)O)c1ccc([N+](=O)[O-])cc1Cl. The molecule has 92 valence electrons. The van der Waals surface area contributed by atoms with E-state index in [0.717, 1.165) is 0 Å². The van der Waals surface area contributed by atoms with Gasteiger partial charge in [0.25, 0.3) is 5.69 Å². The van der Waals surface area contributed by atoms with Crippen LogP contribution in [0.15, 0.2) is 18.2 Å². The minimum absolute atomic E-state index is 0.125. The third-order valence-corrected chi connectivity index (χ3v) is 2.77. The minimum atomic E-state index is -0.970. The highest BCUT2D eigenvalue weighted by Crippen LogP contribution is 2.31. The summed E-state index contributed by atoms with van der Waals surface area (Å²) >= 11 is 5.88. The number of nitro groups is 1. The molecule has 0 spiro atoms. The maximum atomic E-state index is 11.1. The quantitative estimate of drug-likeness (QED) is 0.649. The Morgan fingerprint density at radius 2 is 2.24 bits per heavy atom. The first kappa shape index (κ1) is 13.4. The van der Waals surface area contributed by atoms with E-state index in [-0.39, 0.29) is 10.7 Å². The molecule has 0 aliphatic heterocycles. The number of nitro benzene ring substituents is 1. The number of halogens is 1. The molecule has 1 unspecified atom stereocenters. The monoisotopic (exact) mass is 257 g/mol. The zero-order valence-electron chi connectivity index (χ0n) is 9.22. The molecule has 0 aromatic heterocycles. The number of benzene rings is 1. The molecule has 0 amide bonds. The van der Waals surface area contributed by atoms with Crippen molar-refractivity contribution < 1.29 is 14.8 Å². The molecule has 0 aliphatic rings. The fraction of sp³-hybridized carbons (Fsp3) is 0.364. The lowest BCUT2D eigenvalue weighted by Crippen LogP contribution is -2.12. The highest BCUT2D eigenvalue weighted by molar-refractivity contribution is 6.31. The highest BCUT2D eigenvalue weighted by Gasteiger charge is 2.22. The summed E-state index contributed by atoms with van der Waals surface area (Å²) in [4.78, 5) is 21.0. The van der Waals surface area contributed by atoms with E-state index >= 15 is 0 Å². The van der Waals surface area contributed by atoms with E-state index in [2.05, 4.69) is 0 Å². The third kappa shape index (κ3) is 3.17. The van der Waals surface area contributed by atoms with Crippen molar-refractivity contribution in [3.05, 3.63) is 38.9 Å². The number of nitrogens with zero attached hydrogens (tertiary/aromatic N) is 1. The Balaban J connectivity index is 3.12. The normalized spacial score (nSPS) is 12.1. The molecule has 17 heavy (non-hydrogen) atoms. The lowest BCUT2D eigenvalue weighted by atomic mass is 9.94. The Bertz CT molecular complexity index is 447. The van der Waals surface area contributed by atoms with Gasteiger partial charge in [-0.1, -0.05) is 24.9 Å². The van der Waals surface area contributed by atoms with Gasteiger partial charge >= 0.3 is 5.97 Å². The van der Waals surface area contributed by atoms with E-state index in [0.29, 0.717) is 18.4 Å². The van der Waals surface area contributed by atoms with Gasteiger partial charge < -0.3 is 5.11 Å². The summed E-state index contributed by atoms with van der Waals surface area (Å²) in [5, 5.41) is 19.7. The van der Waals surface area contributed by atoms with Crippen LogP contribution in [0.2, 0.25) is 5.02 Å². The van der Waals surface area contributed by atoms with Crippen molar-refractivity contribution in [2.45, 2.75) is 25.7 Å². The summed E-state index contributed by atoms with van der Waals surface area (Å²) in [6.45, 7) is 1.87. The van der Waals surface area contributed by atoms with Gasteiger partial charge in [0, 0.05) is 12.1 Å². The molecule has 1 rings (SSSR count). The number of hydrogen-bond acceptors (Lipinski definition) is 3. The van der Waals surface area contributed by atoms with Gasteiger partial charge in [0.15, 0.2) is 0 Å². The first-order chi connectivity index (χ1) is 7.97. The molecule has 5 nitrogen and oxygen atoms in total. The first-order valence-electron chi connectivity index (χ1n) is 5.14. The molecule has 1 N–H and O–H groups in total. The van der Waals surface area contributed by atoms with Crippen LogP contribution >= 0.6 is 11.6 Å². The highest BCUT2D eigenvalue weighted by atomic mass is 35.5. The zero-order valence-corrected chi connectivity index (χ0v) is 9.98. The largest absolute Gasteiger partial charge is 0.481 e. The molecule has 6 heteroatoms. The molecule has 0 saturated carbocycles. The van der Waals surface area contributed by atoms with Gasteiger partial charge in [-0.15, -0.1) is 0 Å². The summed E-state index contributed by atoms with van der Waals surface area (Å²) in [5.74, 6) is -1.68. The van der Waals surface area contributed by atoms with Gasteiger partial charge in [-0.2, -0.15) is 0 Å². The van der Waals surface area contributed by atoms with Crippen LogP contribution in [0, 0.1) is 10.1 Å². The molecule has 0 aliphatic carbocycles. The lowest BCUT2D eigenvalue weighted by Gasteiger charge is -2.12. The molecule has 0 radical (unpaired) electrons. The Morgan fingerprint density at radius 1 is 1.59 bits per heavy atom. The zero-order chi connectivity index (χ0) is 13.0. The van der Waals surface area contributed by atoms with Crippen molar-refractivity contribution >= 4 is 23.3 Å². The molecule has 0 saturated heterocycles. The van der Waals surface area contributed by atoms with Crippen LogP contribution in [0.5, 0.6) is 0 Å². The fourth-order valence-electron chi connectivity index (χ4n) is 1.61. The second-order valence-electron chi connectivity index (χ2n) is 3.64. The molecular weight excluding hydrogens is 246 g/mol. The van der Waals surface area contributed by atoms with Crippen molar-refractivity contribution in [2.75, 3.05) is 0 Å². The van der Waals surface area contributed by atoms with Crippen LogP contribution in [0.3, 0.4) is 0 Å². The number of non-ortho nitro benzene ring substituents is 1. The average molecular weight is 258 g/mol. The van der Waals surface area contributed by atoms with E-state index < -0.39 is 16.8 Å². The summed E-state index contributed by atoms with van der Waals surface area (Å²) < 4.78 is 0. The second kappa shape index (κ2) is 5.63. The van der Waals surface area contributed by atoms with Crippen LogP contribution in [0.1, 0.15) is 31.2 Å². The smallest absolute Gasteiger partial charge is 0.311 e. The maximum Gasteiger partial charge on any atom is 0.311 e. The Kier molecular flexibility index (Phi) is 4.45. The van der Waals surface area contributed by atoms with Gasteiger partial charge in [0.2, 0.25) is 0 Å². The standard InChI is InChI=1S/C11H12ClNO4/c1-2-3-9(11(14)15)8-5-4-7(13(16)17)6-10(8)12/h4-6,9H,2-3H2,1H3,(H,14,15). The Hall–Kier alpha value is -1.62. The lowest BCUT2D eigenvalue weighted by molar-refractivity contribution is -0.384. The average Bonchev–Trinajstić information content (AvgIpc) is 2.26. The summed E-state index contributed by atoms with van der Waals surface area (Å²) in [5.41, 5.74) is 0.283. The van der Waals surface area contributed by atoms with Gasteiger partial charge in [-0.25, -0.2) is 0 Å². The first-order valence-corrected chi connectivity index (χ1v) is 5.51. The van der Waals surface area contributed by atoms with Crippen LogP contribution < -0.4 is 0 Å². The van der Waals surface area contributed by atoms with Crippen LogP contribution in [0.25, 0.3) is 0 Å². The molecule has 0 fully saturated rings. The molecule has 1 aromatic rings. The maximum absolute atomic E-state index is 11.1. The minimum Gasteiger partial charge on any atom is -0.481 e. The molecule has 0 bridgehead atoms. The van der Waals surface area contributed by atoms with E-state index in [1.165, 1.54) is 18.2 Å².